The molecule has 0 radical (unpaired) electrons. The molecule has 5 nitrogen and oxygen atoms in total. The number of carbonyl (C=O) groups excluding carboxylic acids is 1. The van der Waals surface area contributed by atoms with E-state index in [0.29, 0.717) is 18.1 Å². The molecule has 0 aromatic heterocycles. The third kappa shape index (κ3) is 4.14. The number of hydrogen-bond donors (Lipinski definition) is 2. The number of amides is 1. The molecule has 1 aromatic rings. The first kappa shape index (κ1) is 15.7. The van der Waals surface area contributed by atoms with Crippen molar-refractivity contribution in [2.24, 2.45) is 5.92 Å². The monoisotopic (exact) mass is 291 g/mol. The predicted molar refractivity (Wildman–Crippen MR) is 77.4 cm³/mol. The Morgan fingerprint density at radius 3 is 2.81 bits per heavy atom. The fraction of sp³-hybridized carbons (Fsp3) is 0.438. The van der Waals surface area contributed by atoms with Crippen LogP contribution in [0.2, 0.25) is 0 Å². The third-order valence-electron chi connectivity index (χ3n) is 3.66. The molecule has 0 fully saturated rings. The molecule has 5 heteroatoms. The SMILES string of the molecule is CC(=O)N(O)C1CC=CC1C(O)COCc1ccccc1. The van der Waals surface area contributed by atoms with E-state index in [-0.39, 0.29) is 12.5 Å². The maximum atomic E-state index is 11.2. The van der Waals surface area contributed by atoms with Crippen molar-refractivity contribution in [3.63, 3.8) is 0 Å². The number of nitrogens with zero attached hydrogens (tertiary/aromatic N) is 1. The quantitative estimate of drug-likeness (QED) is 0.476. The molecule has 114 valence electrons. The molecule has 1 aromatic carbocycles. The van der Waals surface area contributed by atoms with Crippen LogP contribution in [0.1, 0.15) is 18.9 Å². The van der Waals surface area contributed by atoms with Gasteiger partial charge in [0, 0.05) is 12.8 Å². The Labute approximate surface area is 124 Å². The predicted octanol–water partition coefficient (Wildman–Crippen LogP) is 1.75. The number of benzene rings is 1. The van der Waals surface area contributed by atoms with E-state index in [1.165, 1.54) is 6.92 Å². The first-order chi connectivity index (χ1) is 10.1. The van der Waals surface area contributed by atoms with Gasteiger partial charge in [-0.1, -0.05) is 42.5 Å². The first-order valence-electron chi connectivity index (χ1n) is 7.04. The number of aliphatic hydroxyl groups is 1. The first-order valence-corrected chi connectivity index (χ1v) is 7.04. The van der Waals surface area contributed by atoms with E-state index < -0.39 is 18.1 Å². The van der Waals surface area contributed by atoms with Crippen molar-refractivity contribution in [3.05, 3.63) is 48.0 Å². The molecule has 0 bridgehead atoms. The van der Waals surface area contributed by atoms with Gasteiger partial charge in [0.25, 0.3) is 0 Å². The summed E-state index contributed by atoms with van der Waals surface area (Å²) >= 11 is 0. The van der Waals surface area contributed by atoms with Crippen LogP contribution < -0.4 is 0 Å². The van der Waals surface area contributed by atoms with Crippen LogP contribution in [0, 0.1) is 5.92 Å². The van der Waals surface area contributed by atoms with Gasteiger partial charge in [0.15, 0.2) is 0 Å². The molecule has 1 amide bonds. The highest BCUT2D eigenvalue weighted by atomic mass is 16.5. The summed E-state index contributed by atoms with van der Waals surface area (Å²) < 4.78 is 5.51. The molecule has 3 atom stereocenters. The Bertz CT molecular complexity index is 488. The zero-order valence-corrected chi connectivity index (χ0v) is 12.1. The maximum Gasteiger partial charge on any atom is 0.243 e. The Morgan fingerprint density at radius 2 is 2.14 bits per heavy atom. The number of hydrogen-bond acceptors (Lipinski definition) is 4. The zero-order valence-electron chi connectivity index (χ0n) is 12.1. The highest BCUT2D eigenvalue weighted by Crippen LogP contribution is 2.26. The molecule has 2 N–H and O–H groups in total. The number of aliphatic hydroxyl groups excluding tert-OH is 1. The van der Waals surface area contributed by atoms with Crippen molar-refractivity contribution in [1.29, 1.82) is 0 Å². The topological polar surface area (TPSA) is 70.0 Å². The van der Waals surface area contributed by atoms with Gasteiger partial charge in [0.05, 0.1) is 25.4 Å². The smallest absolute Gasteiger partial charge is 0.243 e. The van der Waals surface area contributed by atoms with E-state index in [1.54, 1.807) is 0 Å². The minimum absolute atomic E-state index is 0.159. The van der Waals surface area contributed by atoms with Crippen molar-refractivity contribution in [2.75, 3.05) is 6.61 Å². The molecule has 0 aliphatic heterocycles. The van der Waals surface area contributed by atoms with Gasteiger partial charge >= 0.3 is 0 Å². The lowest BCUT2D eigenvalue weighted by Gasteiger charge is -2.29. The molecular formula is C16H21NO4. The van der Waals surface area contributed by atoms with E-state index >= 15 is 0 Å². The van der Waals surface area contributed by atoms with Crippen molar-refractivity contribution in [1.82, 2.24) is 5.06 Å². The molecule has 3 unspecified atom stereocenters. The minimum atomic E-state index is -0.758. The second kappa shape index (κ2) is 7.36. The second-order valence-corrected chi connectivity index (χ2v) is 5.24. The summed E-state index contributed by atoms with van der Waals surface area (Å²) in [4.78, 5) is 11.2. The number of rotatable bonds is 6. The van der Waals surface area contributed by atoms with Crippen LogP contribution in [0.15, 0.2) is 42.5 Å². The lowest BCUT2D eigenvalue weighted by atomic mass is 9.97. The molecule has 2 rings (SSSR count). The van der Waals surface area contributed by atoms with Crippen LogP contribution >= 0.6 is 0 Å². The molecular weight excluding hydrogens is 270 g/mol. The van der Waals surface area contributed by atoms with E-state index in [0.717, 1.165) is 5.56 Å². The summed E-state index contributed by atoms with van der Waals surface area (Å²) in [5.74, 6) is -0.735. The summed E-state index contributed by atoms with van der Waals surface area (Å²) in [5, 5.41) is 20.6. The zero-order chi connectivity index (χ0) is 15.2. The van der Waals surface area contributed by atoms with Crippen LogP contribution in [-0.2, 0) is 16.1 Å². The van der Waals surface area contributed by atoms with Crippen molar-refractivity contribution < 1.29 is 19.8 Å². The Morgan fingerprint density at radius 1 is 1.43 bits per heavy atom. The van der Waals surface area contributed by atoms with E-state index in [2.05, 4.69) is 0 Å². The van der Waals surface area contributed by atoms with Crippen molar-refractivity contribution in [2.45, 2.75) is 32.1 Å². The standard InChI is InChI=1S/C16H21NO4/c1-12(18)17(20)15-9-5-8-14(15)16(19)11-21-10-13-6-3-2-4-7-13/h2-8,14-16,19-20H,9-11H2,1H3. The van der Waals surface area contributed by atoms with Gasteiger partial charge in [0.1, 0.15) is 0 Å². The fourth-order valence-electron chi connectivity index (χ4n) is 2.52. The third-order valence-corrected chi connectivity index (χ3v) is 3.66. The van der Waals surface area contributed by atoms with Gasteiger partial charge in [-0.15, -0.1) is 0 Å². The molecule has 0 spiro atoms. The van der Waals surface area contributed by atoms with Crippen LogP contribution in [0.3, 0.4) is 0 Å². The number of carbonyl (C=O) groups is 1. The van der Waals surface area contributed by atoms with Gasteiger partial charge in [-0.05, 0) is 12.0 Å². The fourth-order valence-corrected chi connectivity index (χ4v) is 2.52. The van der Waals surface area contributed by atoms with Crippen molar-refractivity contribution in [3.8, 4) is 0 Å². The van der Waals surface area contributed by atoms with Gasteiger partial charge < -0.3 is 9.84 Å². The summed E-state index contributed by atoms with van der Waals surface area (Å²) in [6.45, 7) is 1.88. The van der Waals surface area contributed by atoms with Gasteiger partial charge in [-0.2, -0.15) is 0 Å². The van der Waals surface area contributed by atoms with Crippen LogP contribution in [0.4, 0.5) is 0 Å². The van der Waals surface area contributed by atoms with Gasteiger partial charge in [-0.25, -0.2) is 5.06 Å². The number of ether oxygens (including phenoxy) is 1. The Kier molecular flexibility index (Phi) is 5.50. The molecule has 21 heavy (non-hydrogen) atoms. The van der Waals surface area contributed by atoms with Crippen molar-refractivity contribution >= 4 is 5.91 Å². The summed E-state index contributed by atoms with van der Waals surface area (Å²) in [6.07, 6.45) is 3.47. The summed E-state index contributed by atoms with van der Waals surface area (Å²) in [6, 6.07) is 9.29. The van der Waals surface area contributed by atoms with E-state index in [4.69, 9.17) is 4.74 Å². The molecule has 1 aliphatic carbocycles. The minimum Gasteiger partial charge on any atom is -0.390 e. The van der Waals surface area contributed by atoms with Crippen LogP contribution in [0.25, 0.3) is 0 Å². The highest BCUT2D eigenvalue weighted by Gasteiger charge is 2.34. The molecule has 0 saturated heterocycles. The lowest BCUT2D eigenvalue weighted by molar-refractivity contribution is -0.179. The lowest BCUT2D eigenvalue weighted by Crippen LogP contribution is -2.43. The van der Waals surface area contributed by atoms with Gasteiger partial charge in [-0.3, -0.25) is 10.0 Å². The second-order valence-electron chi connectivity index (χ2n) is 5.24. The van der Waals surface area contributed by atoms with Crippen LogP contribution in [-0.4, -0.2) is 40.0 Å². The Balaban J connectivity index is 1.83. The molecule has 0 heterocycles. The van der Waals surface area contributed by atoms with Gasteiger partial charge in [0.2, 0.25) is 5.91 Å². The Hall–Kier alpha value is -1.69. The maximum absolute atomic E-state index is 11.2. The largest absolute Gasteiger partial charge is 0.390 e. The summed E-state index contributed by atoms with van der Waals surface area (Å²) in [7, 11) is 0. The average molecular weight is 291 g/mol. The average Bonchev–Trinajstić information content (AvgIpc) is 2.96. The number of hydroxylamine groups is 2. The highest BCUT2D eigenvalue weighted by molar-refractivity contribution is 5.72. The summed E-state index contributed by atoms with van der Waals surface area (Å²) in [5.41, 5.74) is 1.04. The van der Waals surface area contributed by atoms with E-state index in [1.807, 2.05) is 42.5 Å². The normalized spacial score (nSPS) is 22.2. The van der Waals surface area contributed by atoms with Crippen LogP contribution in [0.5, 0.6) is 0 Å². The van der Waals surface area contributed by atoms with E-state index in [9.17, 15) is 15.1 Å². The molecule has 0 saturated carbocycles. The molecule has 1 aliphatic rings.